The fraction of sp³-hybridized carbons (Fsp3) is 0.163. The van der Waals surface area contributed by atoms with Gasteiger partial charge in [0.05, 0.1) is 29.6 Å². The van der Waals surface area contributed by atoms with E-state index < -0.39 is 41.3 Å². The lowest BCUT2D eigenvalue weighted by Crippen LogP contribution is -2.42. The Balaban J connectivity index is 0.000000221. The van der Waals surface area contributed by atoms with Crippen molar-refractivity contribution in [2.75, 3.05) is 10.6 Å². The van der Waals surface area contributed by atoms with Crippen molar-refractivity contribution in [3.8, 4) is 22.5 Å². The molecule has 58 heavy (non-hydrogen) atoms. The SMILES string of the molecule is C=CC[C@](CC(=O)O)(Cc1ccccc1)C(=O)Nc1nc(-c2ccccc2Cl)cs1.O=C(O)C[C@](F)(Cc1ccccc1)C(=O)Nc1nc(-c2ccccc2Cl)cs1. The van der Waals surface area contributed by atoms with Gasteiger partial charge in [-0.1, -0.05) is 126 Å². The van der Waals surface area contributed by atoms with Crippen LogP contribution in [0.5, 0.6) is 0 Å². The number of hydrogen-bond acceptors (Lipinski definition) is 8. The summed E-state index contributed by atoms with van der Waals surface area (Å²) in [6.07, 6.45) is 0.472. The molecule has 6 rings (SSSR count). The number of carbonyl (C=O) groups is 4. The summed E-state index contributed by atoms with van der Waals surface area (Å²) in [6.45, 7) is 3.74. The minimum Gasteiger partial charge on any atom is -0.481 e. The first-order valence-electron chi connectivity index (χ1n) is 17.7. The third-order valence-electron chi connectivity index (χ3n) is 8.81. The third kappa shape index (κ3) is 11.7. The number of aliphatic carboxylic acids is 2. The summed E-state index contributed by atoms with van der Waals surface area (Å²) in [5.74, 6) is -3.88. The summed E-state index contributed by atoms with van der Waals surface area (Å²) >= 11 is 14.8. The zero-order chi connectivity index (χ0) is 41.7. The molecular weight excluding hydrogens is 823 g/mol. The number of anilines is 2. The molecule has 4 aromatic carbocycles. The van der Waals surface area contributed by atoms with E-state index in [1.54, 1.807) is 77.5 Å². The van der Waals surface area contributed by atoms with Gasteiger partial charge in [-0.05, 0) is 36.1 Å². The van der Waals surface area contributed by atoms with Crippen molar-refractivity contribution in [2.45, 2.75) is 37.8 Å². The standard InChI is InChI=1S/C23H21ClN2O3S.C20H16ClFN2O3S/c1-2-12-23(14-20(27)28,13-16-8-4-3-5-9-16)21(29)26-22-25-19(15-30-22)17-10-6-7-11-18(17)24;21-15-9-5-4-8-14(15)16-12-28-19(23-16)24-18(27)20(22,11-17(25)26)10-13-6-2-1-3-7-13/h2-11,15H,1,12-14H2,(H,27,28)(H,25,26,29);1-9,12H,10-11H2,(H,25,26)(H,23,24,27)/t23-;20-/m11/s1. The van der Waals surface area contributed by atoms with E-state index in [1.807, 2.05) is 48.5 Å². The predicted octanol–water partition coefficient (Wildman–Crippen LogP) is 10.5. The zero-order valence-electron chi connectivity index (χ0n) is 30.7. The van der Waals surface area contributed by atoms with E-state index >= 15 is 4.39 Å². The van der Waals surface area contributed by atoms with E-state index in [2.05, 4.69) is 27.2 Å². The average Bonchev–Trinajstić information content (AvgIpc) is 3.85. The lowest BCUT2D eigenvalue weighted by atomic mass is 9.75. The highest BCUT2D eigenvalue weighted by atomic mass is 35.5. The first kappa shape index (κ1) is 43.4. The molecule has 0 aliphatic heterocycles. The Hall–Kier alpha value is -5.73. The van der Waals surface area contributed by atoms with Gasteiger partial charge < -0.3 is 15.5 Å². The molecule has 0 bridgehead atoms. The number of halogens is 3. The molecule has 0 radical (unpaired) electrons. The van der Waals surface area contributed by atoms with Crippen molar-refractivity contribution in [3.05, 3.63) is 154 Å². The molecule has 6 aromatic rings. The van der Waals surface area contributed by atoms with Gasteiger partial charge >= 0.3 is 11.9 Å². The van der Waals surface area contributed by atoms with E-state index in [4.69, 9.17) is 28.3 Å². The molecule has 4 N–H and O–H groups in total. The first-order valence-corrected chi connectivity index (χ1v) is 20.2. The number of amides is 2. The van der Waals surface area contributed by atoms with Crippen molar-refractivity contribution >= 4 is 79.9 Å². The molecule has 0 spiro atoms. The smallest absolute Gasteiger partial charge is 0.307 e. The number of alkyl halides is 1. The Bertz CT molecular complexity index is 2380. The lowest BCUT2D eigenvalue weighted by Gasteiger charge is -2.30. The normalized spacial score (nSPS) is 12.8. The fourth-order valence-corrected chi connectivity index (χ4v) is 7.96. The highest BCUT2D eigenvalue weighted by Gasteiger charge is 2.42. The van der Waals surface area contributed by atoms with Crippen LogP contribution in [0, 0.1) is 5.41 Å². The third-order valence-corrected chi connectivity index (χ3v) is 11.0. The molecule has 298 valence electrons. The van der Waals surface area contributed by atoms with Gasteiger partial charge in [-0.15, -0.1) is 29.3 Å². The molecule has 0 aliphatic carbocycles. The van der Waals surface area contributed by atoms with E-state index in [1.165, 1.54) is 11.3 Å². The second-order valence-corrected chi connectivity index (χ2v) is 15.7. The second-order valence-electron chi connectivity index (χ2n) is 13.1. The molecule has 2 atom stereocenters. The van der Waals surface area contributed by atoms with Crippen molar-refractivity contribution in [3.63, 3.8) is 0 Å². The van der Waals surface area contributed by atoms with E-state index in [0.717, 1.165) is 22.5 Å². The molecule has 0 saturated heterocycles. The predicted molar refractivity (Wildman–Crippen MR) is 228 cm³/mol. The van der Waals surface area contributed by atoms with E-state index in [-0.39, 0.29) is 30.8 Å². The summed E-state index contributed by atoms with van der Waals surface area (Å²) in [4.78, 5) is 57.4. The molecule has 0 fully saturated rings. The number of carboxylic acids is 2. The van der Waals surface area contributed by atoms with Crippen LogP contribution >= 0.6 is 45.9 Å². The van der Waals surface area contributed by atoms with Gasteiger partial charge in [0.1, 0.15) is 0 Å². The van der Waals surface area contributed by atoms with Gasteiger partial charge in [-0.2, -0.15) is 0 Å². The molecule has 10 nitrogen and oxygen atoms in total. The van der Waals surface area contributed by atoms with Gasteiger partial charge in [0.2, 0.25) is 11.6 Å². The topological polar surface area (TPSA) is 159 Å². The maximum Gasteiger partial charge on any atom is 0.307 e. The Labute approximate surface area is 352 Å². The van der Waals surface area contributed by atoms with Crippen LogP contribution in [0.2, 0.25) is 10.0 Å². The van der Waals surface area contributed by atoms with Crippen LogP contribution in [0.1, 0.15) is 30.4 Å². The second kappa shape index (κ2) is 20.1. The molecule has 15 heteroatoms. The van der Waals surface area contributed by atoms with Crippen molar-refractivity contribution < 1.29 is 33.8 Å². The summed E-state index contributed by atoms with van der Waals surface area (Å²) in [7, 11) is 0. The number of nitrogens with one attached hydrogen (secondary N) is 2. The maximum absolute atomic E-state index is 15.4. The molecule has 0 saturated carbocycles. The average molecular weight is 860 g/mol. The zero-order valence-corrected chi connectivity index (χ0v) is 33.9. The number of hydrogen-bond donors (Lipinski definition) is 4. The number of rotatable bonds is 16. The van der Waals surface area contributed by atoms with Gasteiger partial charge in [0, 0.05) is 38.4 Å². The quantitative estimate of drug-likeness (QED) is 0.0700. The first-order chi connectivity index (χ1) is 27.8. The van der Waals surface area contributed by atoms with Crippen molar-refractivity contribution in [1.82, 2.24) is 9.97 Å². The molecule has 2 heterocycles. The number of carboxylic acid groups (broad SMARTS) is 2. The number of thiazole rings is 2. The van der Waals surface area contributed by atoms with Crippen LogP contribution in [-0.2, 0) is 32.0 Å². The number of allylic oxidation sites excluding steroid dienone is 1. The van der Waals surface area contributed by atoms with Crippen molar-refractivity contribution in [2.24, 2.45) is 5.41 Å². The number of carbonyl (C=O) groups excluding carboxylic acids is 2. The monoisotopic (exact) mass is 858 g/mol. The summed E-state index contributed by atoms with van der Waals surface area (Å²) in [5.41, 5.74) is 0.261. The molecule has 0 unspecified atom stereocenters. The van der Waals surface area contributed by atoms with Gasteiger partial charge in [0.15, 0.2) is 10.3 Å². The number of nitrogens with zero attached hydrogens (tertiary/aromatic N) is 2. The van der Waals surface area contributed by atoms with Gasteiger partial charge in [-0.25, -0.2) is 14.4 Å². The van der Waals surface area contributed by atoms with Crippen LogP contribution in [0.3, 0.4) is 0 Å². The van der Waals surface area contributed by atoms with E-state index in [9.17, 15) is 24.3 Å². The van der Waals surface area contributed by atoms with Gasteiger partial charge in [0.25, 0.3) is 5.91 Å². The molecule has 0 aliphatic rings. The van der Waals surface area contributed by atoms with Crippen LogP contribution in [0.15, 0.2) is 133 Å². The lowest BCUT2D eigenvalue weighted by molar-refractivity contribution is -0.144. The molecular formula is C43H37Cl2FN4O6S2. The van der Waals surface area contributed by atoms with E-state index in [0.29, 0.717) is 37.7 Å². The minimum atomic E-state index is -2.61. The number of benzene rings is 4. The van der Waals surface area contributed by atoms with Crippen LogP contribution < -0.4 is 10.6 Å². The minimum absolute atomic E-state index is 0.167. The highest BCUT2D eigenvalue weighted by Crippen LogP contribution is 2.36. The van der Waals surface area contributed by atoms with Crippen molar-refractivity contribution in [1.29, 1.82) is 0 Å². The Kier molecular flexibility index (Phi) is 15.0. The Morgan fingerprint density at radius 1 is 0.655 bits per heavy atom. The molecule has 2 amide bonds. The van der Waals surface area contributed by atoms with Crippen LogP contribution in [-0.4, -0.2) is 49.6 Å². The largest absolute Gasteiger partial charge is 0.481 e. The Morgan fingerprint density at radius 3 is 1.53 bits per heavy atom. The summed E-state index contributed by atoms with van der Waals surface area (Å²) in [5, 5.41) is 28.9. The highest BCUT2D eigenvalue weighted by molar-refractivity contribution is 7.14. The number of aromatic nitrogens is 2. The maximum atomic E-state index is 15.4. The fourth-order valence-electron chi connectivity index (χ4n) is 6.08. The Morgan fingerprint density at radius 2 is 1.09 bits per heavy atom. The van der Waals surface area contributed by atoms with Crippen LogP contribution in [0.25, 0.3) is 22.5 Å². The summed E-state index contributed by atoms with van der Waals surface area (Å²) < 4.78 is 15.4. The summed E-state index contributed by atoms with van der Waals surface area (Å²) in [6, 6.07) is 32.2. The van der Waals surface area contributed by atoms with Crippen LogP contribution in [0.4, 0.5) is 14.7 Å². The molecule has 2 aromatic heterocycles. The van der Waals surface area contributed by atoms with Gasteiger partial charge in [-0.3, -0.25) is 24.5 Å².